The molecule has 0 aromatic rings. The molecule has 0 rings (SSSR count). The average Bonchev–Trinajstić information content (AvgIpc) is 2.47. The minimum Gasteiger partial charge on any atom is -0.480 e. The molecule has 0 spiro atoms. The Hall–Kier alpha value is -0.850. The van der Waals surface area contributed by atoms with Crippen LogP contribution in [0.25, 0.3) is 0 Å². The monoisotopic (exact) mass is 313 g/mol. The number of aliphatic carboxylic acids is 1. The number of carbonyl (C=O) groups is 1. The van der Waals surface area contributed by atoms with Gasteiger partial charge in [-0.05, 0) is 6.92 Å². The number of hydrogen-bond acceptors (Lipinski definition) is 9. The SMILES string of the molecule is CC(N)(CO)C(O)C(CO)NCCO.N[C@@H](CO)C(=O)O. The van der Waals surface area contributed by atoms with Crippen molar-refractivity contribution in [2.45, 2.75) is 30.7 Å². The Labute approximate surface area is 123 Å². The third-order valence-corrected chi connectivity index (χ3v) is 2.63. The van der Waals surface area contributed by atoms with Gasteiger partial charge in [0.05, 0.1) is 44.1 Å². The molecule has 21 heavy (non-hydrogen) atoms. The number of carboxylic acid groups (broad SMARTS) is 1. The molecule has 0 aromatic heterocycles. The van der Waals surface area contributed by atoms with Crippen LogP contribution in [-0.4, -0.2) is 93.3 Å². The van der Waals surface area contributed by atoms with Crippen molar-refractivity contribution < 1.29 is 35.4 Å². The fourth-order valence-electron chi connectivity index (χ4n) is 1.16. The molecule has 0 radical (unpaired) electrons. The van der Waals surface area contributed by atoms with E-state index in [9.17, 15) is 9.90 Å². The third-order valence-electron chi connectivity index (χ3n) is 2.63. The van der Waals surface area contributed by atoms with Crippen LogP contribution in [0.1, 0.15) is 6.92 Å². The topological polar surface area (TPSA) is 203 Å². The molecule has 11 N–H and O–H groups in total. The number of rotatable bonds is 9. The first-order chi connectivity index (χ1) is 9.67. The van der Waals surface area contributed by atoms with Crippen molar-refractivity contribution in [3.63, 3.8) is 0 Å². The summed E-state index contributed by atoms with van der Waals surface area (Å²) in [7, 11) is 0. The molecule has 128 valence electrons. The molecular weight excluding hydrogens is 286 g/mol. The summed E-state index contributed by atoms with van der Waals surface area (Å²) < 4.78 is 0. The first-order valence-electron chi connectivity index (χ1n) is 6.30. The van der Waals surface area contributed by atoms with Crippen molar-refractivity contribution in [2.24, 2.45) is 11.5 Å². The molecule has 10 heteroatoms. The van der Waals surface area contributed by atoms with E-state index in [1.54, 1.807) is 0 Å². The molecule has 0 heterocycles. The summed E-state index contributed by atoms with van der Waals surface area (Å²) in [6.07, 6.45) is -1.08. The Bertz CT molecular complexity index is 279. The van der Waals surface area contributed by atoms with Crippen LogP contribution in [0.4, 0.5) is 0 Å². The number of aliphatic hydroxyl groups is 5. The first kappa shape index (κ1) is 22.4. The number of carboxylic acids is 1. The van der Waals surface area contributed by atoms with Gasteiger partial charge >= 0.3 is 5.97 Å². The first-order valence-corrected chi connectivity index (χ1v) is 6.30. The maximum absolute atomic E-state index is 9.67. The van der Waals surface area contributed by atoms with Crippen LogP contribution in [0.5, 0.6) is 0 Å². The Morgan fingerprint density at radius 1 is 1.24 bits per heavy atom. The lowest BCUT2D eigenvalue weighted by atomic mass is 9.91. The maximum atomic E-state index is 9.67. The van der Waals surface area contributed by atoms with Crippen molar-refractivity contribution in [1.82, 2.24) is 5.32 Å². The van der Waals surface area contributed by atoms with Gasteiger partial charge in [0, 0.05) is 6.54 Å². The maximum Gasteiger partial charge on any atom is 0.322 e. The lowest BCUT2D eigenvalue weighted by Gasteiger charge is -2.33. The van der Waals surface area contributed by atoms with Gasteiger partial charge in [0.25, 0.3) is 0 Å². The molecular formula is C11H27N3O7. The molecule has 0 saturated heterocycles. The highest BCUT2D eigenvalue weighted by molar-refractivity contribution is 5.73. The highest BCUT2D eigenvalue weighted by atomic mass is 16.4. The average molecular weight is 313 g/mol. The third kappa shape index (κ3) is 9.66. The van der Waals surface area contributed by atoms with E-state index in [0.717, 1.165) is 0 Å². The smallest absolute Gasteiger partial charge is 0.322 e. The molecule has 3 unspecified atom stereocenters. The van der Waals surface area contributed by atoms with E-state index in [4.69, 9.17) is 37.0 Å². The Morgan fingerprint density at radius 2 is 1.76 bits per heavy atom. The van der Waals surface area contributed by atoms with E-state index < -0.39 is 36.3 Å². The Balaban J connectivity index is 0. The van der Waals surface area contributed by atoms with E-state index in [1.165, 1.54) is 6.92 Å². The van der Waals surface area contributed by atoms with Crippen LogP contribution in [-0.2, 0) is 4.79 Å². The van der Waals surface area contributed by atoms with E-state index in [2.05, 4.69) is 5.32 Å². The van der Waals surface area contributed by atoms with Crippen molar-refractivity contribution in [3.05, 3.63) is 0 Å². The second kappa shape index (κ2) is 11.8. The second-order valence-electron chi connectivity index (χ2n) is 4.70. The van der Waals surface area contributed by atoms with Crippen LogP contribution < -0.4 is 16.8 Å². The highest BCUT2D eigenvalue weighted by Crippen LogP contribution is 2.09. The lowest BCUT2D eigenvalue weighted by molar-refractivity contribution is -0.139. The van der Waals surface area contributed by atoms with Crippen LogP contribution in [0, 0.1) is 0 Å². The number of nitrogens with two attached hydrogens (primary N) is 2. The van der Waals surface area contributed by atoms with Crippen molar-refractivity contribution in [1.29, 1.82) is 0 Å². The number of aliphatic hydroxyl groups excluding tert-OH is 5. The minimum atomic E-state index is -1.18. The quantitative estimate of drug-likeness (QED) is 0.199. The molecule has 0 saturated carbocycles. The summed E-state index contributed by atoms with van der Waals surface area (Å²) in [5, 5.41) is 54.7. The van der Waals surface area contributed by atoms with E-state index >= 15 is 0 Å². The van der Waals surface area contributed by atoms with Gasteiger partial charge in [0.15, 0.2) is 0 Å². The molecule has 0 aliphatic heterocycles. The van der Waals surface area contributed by atoms with Crippen molar-refractivity contribution in [3.8, 4) is 0 Å². The second-order valence-corrected chi connectivity index (χ2v) is 4.70. The molecule has 0 amide bonds. The molecule has 0 aliphatic carbocycles. The zero-order chi connectivity index (χ0) is 17.1. The minimum absolute atomic E-state index is 0.0936. The van der Waals surface area contributed by atoms with Gasteiger partial charge in [-0.25, -0.2) is 0 Å². The summed E-state index contributed by atoms with van der Waals surface area (Å²) in [4.78, 5) is 9.65. The standard InChI is InChI=1S/C8H20N2O4.C3H7NO3/c1-8(9,5-13)7(14)6(4-12)10-2-3-11;4-2(1-5)3(6)7/h6-7,10-14H,2-5,9H2,1H3;2,5H,1,4H2,(H,6,7)/t;2-/m.0/s1. The summed E-state index contributed by atoms with van der Waals surface area (Å²) in [5.74, 6) is -1.18. The van der Waals surface area contributed by atoms with Crippen LogP contribution >= 0.6 is 0 Å². The summed E-state index contributed by atoms with van der Waals surface area (Å²) in [6, 6.07) is -1.77. The molecule has 4 atom stereocenters. The van der Waals surface area contributed by atoms with Gasteiger partial charge in [-0.15, -0.1) is 0 Å². The van der Waals surface area contributed by atoms with Crippen molar-refractivity contribution >= 4 is 5.97 Å². The molecule has 0 aliphatic rings. The fraction of sp³-hybridized carbons (Fsp3) is 0.909. The van der Waals surface area contributed by atoms with E-state index in [0.29, 0.717) is 0 Å². The van der Waals surface area contributed by atoms with Crippen LogP contribution in [0.15, 0.2) is 0 Å². The summed E-state index contributed by atoms with van der Waals surface area (Å²) >= 11 is 0. The molecule has 0 aromatic carbocycles. The summed E-state index contributed by atoms with van der Waals surface area (Å²) in [5.41, 5.74) is 9.19. The molecule has 0 fully saturated rings. The van der Waals surface area contributed by atoms with Crippen LogP contribution in [0.2, 0.25) is 0 Å². The normalized spacial score (nSPS) is 17.9. The van der Waals surface area contributed by atoms with Gasteiger partial charge < -0.3 is 47.4 Å². The number of nitrogens with one attached hydrogen (secondary N) is 1. The largest absolute Gasteiger partial charge is 0.480 e. The zero-order valence-electron chi connectivity index (χ0n) is 12.0. The van der Waals surface area contributed by atoms with E-state index in [1.807, 2.05) is 0 Å². The van der Waals surface area contributed by atoms with Gasteiger partial charge in [-0.2, -0.15) is 0 Å². The Morgan fingerprint density at radius 3 is 2.00 bits per heavy atom. The summed E-state index contributed by atoms with van der Waals surface area (Å²) in [6.45, 7) is 0.448. The van der Waals surface area contributed by atoms with Crippen molar-refractivity contribution in [2.75, 3.05) is 33.0 Å². The van der Waals surface area contributed by atoms with E-state index in [-0.39, 0.29) is 26.4 Å². The zero-order valence-corrected chi connectivity index (χ0v) is 12.0. The van der Waals surface area contributed by atoms with Gasteiger partial charge in [0.1, 0.15) is 6.04 Å². The van der Waals surface area contributed by atoms with Gasteiger partial charge in [0.2, 0.25) is 0 Å². The highest BCUT2D eigenvalue weighted by Gasteiger charge is 2.33. The van der Waals surface area contributed by atoms with Gasteiger partial charge in [-0.3, -0.25) is 4.79 Å². The number of hydrogen-bond donors (Lipinski definition) is 9. The lowest BCUT2D eigenvalue weighted by Crippen LogP contribution is -2.61. The predicted octanol–water partition coefficient (Wildman–Crippen LogP) is -4.61. The Kier molecular flexibility index (Phi) is 12.6. The predicted molar refractivity (Wildman–Crippen MR) is 74.3 cm³/mol. The molecule has 10 nitrogen and oxygen atoms in total. The fourth-order valence-corrected chi connectivity index (χ4v) is 1.16. The van der Waals surface area contributed by atoms with Crippen LogP contribution in [0.3, 0.4) is 0 Å². The molecule has 0 bridgehead atoms. The van der Waals surface area contributed by atoms with Gasteiger partial charge in [-0.1, -0.05) is 0 Å².